The number of halogens is 1. The Bertz CT molecular complexity index is 1260. The summed E-state index contributed by atoms with van der Waals surface area (Å²) in [6, 6.07) is 15.0. The van der Waals surface area contributed by atoms with E-state index in [0.717, 1.165) is 21.1 Å². The van der Waals surface area contributed by atoms with E-state index >= 15 is 0 Å². The van der Waals surface area contributed by atoms with Crippen LogP contribution in [-0.4, -0.2) is 17.8 Å². The first-order valence-electron chi connectivity index (χ1n) is 8.68. The molecule has 4 aromatic rings. The molecule has 4 rings (SSSR count). The maximum atomic E-state index is 12.4. The van der Waals surface area contributed by atoms with Gasteiger partial charge in [-0.1, -0.05) is 39.4 Å². The van der Waals surface area contributed by atoms with Crippen molar-refractivity contribution >= 4 is 49.1 Å². The Morgan fingerprint density at radius 2 is 2.00 bits per heavy atom. The zero-order valence-electron chi connectivity index (χ0n) is 15.6. The van der Waals surface area contributed by atoms with Crippen LogP contribution < -0.4 is 15.8 Å². The number of nitrogens with zero attached hydrogens (tertiary/aromatic N) is 2. The highest BCUT2D eigenvalue weighted by Gasteiger charge is 2.12. The van der Waals surface area contributed by atoms with E-state index in [0.29, 0.717) is 26.9 Å². The molecule has 0 aliphatic rings. The summed E-state index contributed by atoms with van der Waals surface area (Å²) < 4.78 is 11.7. The molecule has 2 aromatic carbocycles. The lowest BCUT2D eigenvalue weighted by Gasteiger charge is -2.03. The summed E-state index contributed by atoms with van der Waals surface area (Å²) in [5.41, 5.74) is 5.33. The van der Waals surface area contributed by atoms with Crippen molar-refractivity contribution in [2.24, 2.45) is 5.10 Å². The van der Waals surface area contributed by atoms with E-state index < -0.39 is 5.63 Å². The molecule has 8 heteroatoms. The number of hydrazone groups is 1. The molecule has 0 radical (unpaired) electrons. The Morgan fingerprint density at radius 1 is 1.21 bits per heavy atom. The third kappa shape index (κ3) is 4.23. The first-order chi connectivity index (χ1) is 14.0. The second-order valence-electron chi connectivity index (χ2n) is 6.20. The van der Waals surface area contributed by atoms with E-state index in [1.54, 1.807) is 31.5 Å². The minimum atomic E-state index is -0.410. The summed E-state index contributed by atoms with van der Waals surface area (Å²) in [6.07, 6.45) is 1.63. The van der Waals surface area contributed by atoms with Crippen molar-refractivity contribution in [3.8, 4) is 16.2 Å². The van der Waals surface area contributed by atoms with Crippen molar-refractivity contribution in [1.29, 1.82) is 0 Å². The molecule has 0 amide bonds. The number of methoxy groups -OCH3 is 1. The SMILES string of the molecule is COc1ccc2oc(=O)c(-c3cnc(N/N=C(\C)c4ccc(Br)cc4)s3)cc2c1. The number of hydrogen-bond acceptors (Lipinski definition) is 7. The van der Waals surface area contributed by atoms with Crippen LogP contribution >= 0.6 is 27.3 Å². The van der Waals surface area contributed by atoms with Crippen LogP contribution in [0.3, 0.4) is 0 Å². The third-order valence-electron chi connectivity index (χ3n) is 4.29. The predicted octanol–water partition coefficient (Wildman–Crippen LogP) is 5.52. The summed E-state index contributed by atoms with van der Waals surface area (Å²) in [7, 11) is 1.60. The molecule has 0 fully saturated rings. The fraction of sp³-hybridized carbons (Fsp3) is 0.0952. The summed E-state index contributed by atoms with van der Waals surface area (Å²) in [5.74, 6) is 0.696. The average molecular weight is 470 g/mol. The number of ether oxygens (including phenoxy) is 1. The van der Waals surface area contributed by atoms with E-state index in [1.807, 2.05) is 37.3 Å². The highest BCUT2D eigenvalue weighted by molar-refractivity contribution is 9.10. The molecule has 0 aliphatic carbocycles. The quantitative estimate of drug-likeness (QED) is 0.236. The first-order valence-corrected chi connectivity index (χ1v) is 10.3. The number of fused-ring (bicyclic) bond motifs is 1. The molecular formula is C21H16BrN3O3S. The molecule has 0 atom stereocenters. The van der Waals surface area contributed by atoms with Gasteiger partial charge in [0.1, 0.15) is 11.3 Å². The van der Waals surface area contributed by atoms with Gasteiger partial charge in [0.15, 0.2) is 0 Å². The van der Waals surface area contributed by atoms with Crippen LogP contribution in [0.1, 0.15) is 12.5 Å². The van der Waals surface area contributed by atoms with Gasteiger partial charge in [-0.05, 0) is 48.9 Å². The van der Waals surface area contributed by atoms with Gasteiger partial charge in [0, 0.05) is 16.1 Å². The van der Waals surface area contributed by atoms with E-state index in [2.05, 4.69) is 31.4 Å². The van der Waals surface area contributed by atoms with E-state index in [-0.39, 0.29) is 0 Å². The molecule has 6 nitrogen and oxygen atoms in total. The van der Waals surface area contributed by atoms with Crippen molar-refractivity contribution in [3.63, 3.8) is 0 Å². The highest BCUT2D eigenvalue weighted by atomic mass is 79.9. The van der Waals surface area contributed by atoms with Crippen LogP contribution in [-0.2, 0) is 0 Å². The van der Waals surface area contributed by atoms with Crippen molar-refractivity contribution < 1.29 is 9.15 Å². The van der Waals surface area contributed by atoms with Gasteiger partial charge >= 0.3 is 5.63 Å². The van der Waals surface area contributed by atoms with Crippen LogP contribution in [0.15, 0.2) is 73.5 Å². The topological polar surface area (TPSA) is 76.7 Å². The maximum absolute atomic E-state index is 12.4. The molecule has 2 aromatic heterocycles. The summed E-state index contributed by atoms with van der Waals surface area (Å²) in [4.78, 5) is 17.4. The molecule has 0 saturated heterocycles. The van der Waals surface area contributed by atoms with E-state index in [1.165, 1.54) is 11.3 Å². The zero-order chi connectivity index (χ0) is 20.4. The van der Waals surface area contributed by atoms with Gasteiger partial charge in [0.05, 0.1) is 23.3 Å². The zero-order valence-corrected chi connectivity index (χ0v) is 18.0. The first kappa shape index (κ1) is 19.4. The van der Waals surface area contributed by atoms with E-state index in [4.69, 9.17) is 9.15 Å². The van der Waals surface area contributed by atoms with Crippen LogP contribution in [0.2, 0.25) is 0 Å². The van der Waals surface area contributed by atoms with Gasteiger partial charge in [-0.2, -0.15) is 5.10 Å². The predicted molar refractivity (Wildman–Crippen MR) is 120 cm³/mol. The number of rotatable bonds is 5. The van der Waals surface area contributed by atoms with Crippen molar-refractivity contribution in [3.05, 3.63) is 75.2 Å². The number of nitrogens with one attached hydrogen (secondary N) is 1. The number of thiazole rings is 1. The Kier molecular flexibility index (Phi) is 5.46. The fourth-order valence-corrected chi connectivity index (χ4v) is 3.76. The average Bonchev–Trinajstić information content (AvgIpc) is 3.20. The lowest BCUT2D eigenvalue weighted by Crippen LogP contribution is -2.01. The summed E-state index contributed by atoms with van der Waals surface area (Å²) >= 11 is 4.75. The van der Waals surface area contributed by atoms with Gasteiger partial charge < -0.3 is 9.15 Å². The molecule has 0 aliphatic heterocycles. The Balaban J connectivity index is 1.60. The molecular weight excluding hydrogens is 454 g/mol. The Labute approximate surface area is 179 Å². The molecule has 0 saturated carbocycles. The monoisotopic (exact) mass is 469 g/mol. The second kappa shape index (κ2) is 8.18. The van der Waals surface area contributed by atoms with Gasteiger partial charge in [0.25, 0.3) is 0 Å². The molecule has 2 heterocycles. The lowest BCUT2D eigenvalue weighted by molar-refractivity contribution is 0.415. The molecule has 1 N–H and O–H groups in total. The van der Waals surface area contributed by atoms with Gasteiger partial charge in [0.2, 0.25) is 5.13 Å². The van der Waals surface area contributed by atoms with Crippen molar-refractivity contribution in [2.75, 3.05) is 12.5 Å². The number of aromatic nitrogens is 1. The lowest BCUT2D eigenvalue weighted by atomic mass is 10.1. The van der Waals surface area contributed by atoms with Gasteiger partial charge in [-0.25, -0.2) is 9.78 Å². The van der Waals surface area contributed by atoms with Crippen LogP contribution in [0.5, 0.6) is 5.75 Å². The smallest absolute Gasteiger partial charge is 0.345 e. The largest absolute Gasteiger partial charge is 0.497 e. The van der Waals surface area contributed by atoms with Crippen LogP contribution in [0, 0.1) is 0 Å². The third-order valence-corrected chi connectivity index (χ3v) is 5.76. The van der Waals surface area contributed by atoms with Crippen LogP contribution in [0.25, 0.3) is 21.4 Å². The summed E-state index contributed by atoms with van der Waals surface area (Å²) in [6.45, 7) is 1.91. The molecule has 0 spiro atoms. The molecule has 29 heavy (non-hydrogen) atoms. The minimum Gasteiger partial charge on any atom is -0.497 e. The standard InChI is InChI=1S/C21H16BrN3O3S/c1-12(13-3-5-15(22)6-4-13)24-25-21-23-11-19(29-21)17-10-14-9-16(27-2)7-8-18(14)28-20(17)26/h3-11H,1-2H3,(H,23,25)/b24-12+. The second-order valence-corrected chi connectivity index (χ2v) is 8.14. The molecule has 146 valence electrons. The van der Waals surface area contributed by atoms with Crippen molar-refractivity contribution in [2.45, 2.75) is 6.92 Å². The highest BCUT2D eigenvalue weighted by Crippen LogP contribution is 2.30. The Morgan fingerprint density at radius 3 is 2.76 bits per heavy atom. The van der Waals surface area contributed by atoms with Gasteiger partial charge in [-0.3, -0.25) is 5.43 Å². The minimum absolute atomic E-state index is 0.410. The molecule has 0 bridgehead atoms. The number of hydrogen-bond donors (Lipinski definition) is 1. The summed E-state index contributed by atoms with van der Waals surface area (Å²) in [5, 5.41) is 5.75. The van der Waals surface area contributed by atoms with Gasteiger partial charge in [-0.15, -0.1) is 0 Å². The normalized spacial score (nSPS) is 11.6. The van der Waals surface area contributed by atoms with Crippen molar-refractivity contribution in [1.82, 2.24) is 4.98 Å². The molecule has 0 unspecified atom stereocenters. The maximum Gasteiger partial charge on any atom is 0.345 e. The van der Waals surface area contributed by atoms with Crippen LogP contribution in [0.4, 0.5) is 5.13 Å². The van der Waals surface area contributed by atoms with E-state index in [9.17, 15) is 4.79 Å². The number of benzene rings is 2. The Hall–Kier alpha value is -2.97. The fourth-order valence-electron chi connectivity index (χ4n) is 2.74. The number of anilines is 1.